The molecule has 1 N–H and O–H groups in total. The Labute approximate surface area is 122 Å². The molecule has 1 heterocycles. The quantitative estimate of drug-likeness (QED) is 0.628. The van der Waals surface area contributed by atoms with Gasteiger partial charge in [-0.15, -0.1) is 0 Å². The van der Waals surface area contributed by atoms with E-state index >= 15 is 0 Å². The maximum Gasteiger partial charge on any atom is 0.330 e. The number of carbonyl (C=O) groups excluding carboxylic acids is 2. The molecule has 0 aromatic rings. The first-order valence-corrected chi connectivity index (χ1v) is 6.61. The van der Waals surface area contributed by atoms with E-state index in [4.69, 9.17) is 14.6 Å². The lowest BCUT2D eigenvalue weighted by molar-refractivity contribution is -0.140. The van der Waals surface area contributed by atoms with Crippen LogP contribution < -0.4 is 0 Å². The van der Waals surface area contributed by atoms with Gasteiger partial charge < -0.3 is 14.6 Å². The summed E-state index contributed by atoms with van der Waals surface area (Å²) in [5.41, 5.74) is -0.865. The van der Waals surface area contributed by atoms with Gasteiger partial charge in [0.25, 0.3) is 0 Å². The summed E-state index contributed by atoms with van der Waals surface area (Å²) < 4.78 is 9.86. The van der Waals surface area contributed by atoms with E-state index in [0.29, 0.717) is 12.8 Å². The number of rotatable bonds is 3. The molecule has 0 saturated heterocycles. The summed E-state index contributed by atoms with van der Waals surface area (Å²) in [7, 11) is 0. The van der Waals surface area contributed by atoms with Gasteiger partial charge in [0.05, 0.1) is 13.2 Å². The van der Waals surface area contributed by atoms with Gasteiger partial charge in [0.15, 0.2) is 0 Å². The smallest absolute Gasteiger partial charge is 0.330 e. The van der Waals surface area contributed by atoms with Gasteiger partial charge in [-0.05, 0) is 6.42 Å². The van der Waals surface area contributed by atoms with Gasteiger partial charge in [0.1, 0.15) is 0 Å². The highest BCUT2D eigenvalue weighted by Gasteiger charge is 2.20. The van der Waals surface area contributed by atoms with Crippen molar-refractivity contribution in [1.29, 1.82) is 0 Å². The number of carbonyl (C=O) groups is 3. The Bertz CT molecular complexity index is 458. The van der Waals surface area contributed by atoms with E-state index < -0.39 is 23.3 Å². The molecular formula is C15H18O6. The number of hydrogen-bond donors (Lipinski definition) is 1. The van der Waals surface area contributed by atoms with E-state index in [1.54, 1.807) is 0 Å². The summed E-state index contributed by atoms with van der Waals surface area (Å²) in [5, 5.41) is 8.75. The van der Waals surface area contributed by atoms with Crippen LogP contribution in [0.5, 0.6) is 0 Å². The molecule has 0 bridgehead atoms. The Morgan fingerprint density at radius 3 is 2.19 bits per heavy atom. The van der Waals surface area contributed by atoms with E-state index in [1.807, 2.05) is 6.92 Å². The molecule has 1 aliphatic rings. The first kappa shape index (κ1) is 16.7. The third-order valence-corrected chi connectivity index (χ3v) is 2.99. The molecule has 0 aliphatic carbocycles. The topological polar surface area (TPSA) is 89.9 Å². The predicted octanol–water partition coefficient (Wildman–Crippen LogP) is 1.63. The highest BCUT2D eigenvalue weighted by molar-refractivity contribution is 5.84. The third-order valence-electron chi connectivity index (χ3n) is 2.99. The minimum Gasteiger partial charge on any atom is -0.478 e. The van der Waals surface area contributed by atoms with Gasteiger partial charge in [-0.2, -0.15) is 0 Å². The number of cyclic esters (lactones) is 2. The normalized spacial score (nSPS) is 24.0. The zero-order valence-electron chi connectivity index (χ0n) is 11.8. The van der Waals surface area contributed by atoms with E-state index in [0.717, 1.165) is 6.08 Å². The van der Waals surface area contributed by atoms with Crippen LogP contribution in [0.25, 0.3) is 0 Å². The Balaban J connectivity index is 3.10. The van der Waals surface area contributed by atoms with Gasteiger partial charge in [0.2, 0.25) is 0 Å². The fourth-order valence-electron chi connectivity index (χ4n) is 1.69. The standard InChI is InChI=1S/C15H18O6/c1-2-15(7-4-12(16)17)8-5-13(18)20-10-3-11-21-14(19)6-9-15/h4-9H,2-3,10-11H2,1H3,(H,16,17). The van der Waals surface area contributed by atoms with Gasteiger partial charge in [0, 0.05) is 30.1 Å². The summed E-state index contributed by atoms with van der Waals surface area (Å²) in [6, 6.07) is 0. The molecule has 0 spiro atoms. The Morgan fingerprint density at radius 2 is 1.76 bits per heavy atom. The van der Waals surface area contributed by atoms with Crippen LogP contribution >= 0.6 is 0 Å². The number of allylic oxidation sites excluding steroid dienone is 3. The van der Waals surface area contributed by atoms with Gasteiger partial charge >= 0.3 is 17.9 Å². The van der Waals surface area contributed by atoms with Gasteiger partial charge in [-0.25, -0.2) is 14.4 Å². The van der Waals surface area contributed by atoms with Gasteiger partial charge in [-0.1, -0.05) is 25.2 Å². The highest BCUT2D eigenvalue weighted by atomic mass is 16.5. The molecule has 0 aromatic heterocycles. The zero-order valence-corrected chi connectivity index (χ0v) is 11.8. The van der Waals surface area contributed by atoms with Crippen LogP contribution in [0.15, 0.2) is 36.5 Å². The maximum absolute atomic E-state index is 11.5. The highest BCUT2D eigenvalue weighted by Crippen LogP contribution is 2.28. The number of ether oxygens (including phenoxy) is 2. The second-order valence-electron chi connectivity index (χ2n) is 4.49. The lowest BCUT2D eigenvalue weighted by Crippen LogP contribution is -2.15. The van der Waals surface area contributed by atoms with Crippen LogP contribution in [0.3, 0.4) is 0 Å². The molecule has 0 unspecified atom stereocenters. The van der Waals surface area contributed by atoms with Crippen LogP contribution in [0.2, 0.25) is 0 Å². The maximum atomic E-state index is 11.5. The Hall–Kier alpha value is -2.37. The third kappa shape index (κ3) is 6.07. The molecule has 21 heavy (non-hydrogen) atoms. The van der Waals surface area contributed by atoms with Crippen molar-refractivity contribution in [2.45, 2.75) is 19.8 Å². The molecule has 0 aromatic carbocycles. The first-order chi connectivity index (χ1) is 9.97. The number of hydrogen-bond acceptors (Lipinski definition) is 5. The van der Waals surface area contributed by atoms with Crippen molar-refractivity contribution in [3.63, 3.8) is 0 Å². The minimum atomic E-state index is -1.11. The second-order valence-corrected chi connectivity index (χ2v) is 4.49. The van der Waals surface area contributed by atoms with Crippen LogP contribution in [-0.4, -0.2) is 36.2 Å². The van der Waals surface area contributed by atoms with Crippen LogP contribution in [-0.2, 0) is 23.9 Å². The second kappa shape index (κ2) is 8.04. The average molecular weight is 294 g/mol. The molecule has 6 nitrogen and oxygen atoms in total. The molecule has 0 fully saturated rings. The first-order valence-electron chi connectivity index (χ1n) is 6.61. The SMILES string of the molecule is CCC1(C=CC(=O)O)C=CC(=O)OCCCOC(=O)C=C1. The number of esters is 2. The Morgan fingerprint density at radius 1 is 1.24 bits per heavy atom. The predicted molar refractivity (Wildman–Crippen MR) is 74.3 cm³/mol. The summed E-state index contributed by atoms with van der Waals surface area (Å²) in [6.45, 7) is 2.12. The van der Waals surface area contributed by atoms with Crippen molar-refractivity contribution in [2.24, 2.45) is 5.41 Å². The monoisotopic (exact) mass is 294 g/mol. The van der Waals surface area contributed by atoms with Crippen molar-refractivity contribution >= 4 is 17.9 Å². The molecular weight excluding hydrogens is 276 g/mol. The van der Waals surface area contributed by atoms with Crippen molar-refractivity contribution in [3.05, 3.63) is 36.5 Å². The van der Waals surface area contributed by atoms with E-state index in [9.17, 15) is 14.4 Å². The largest absolute Gasteiger partial charge is 0.478 e. The fraction of sp³-hybridized carbons (Fsp3) is 0.400. The fourth-order valence-corrected chi connectivity index (χ4v) is 1.69. The molecule has 1 aliphatic heterocycles. The Kier molecular flexibility index (Phi) is 6.39. The summed E-state index contributed by atoms with van der Waals surface area (Å²) >= 11 is 0. The number of aliphatic carboxylic acids is 1. The summed E-state index contributed by atoms with van der Waals surface area (Å²) in [6.07, 6.45) is 8.79. The van der Waals surface area contributed by atoms with E-state index in [2.05, 4.69) is 0 Å². The molecule has 0 saturated carbocycles. The van der Waals surface area contributed by atoms with Crippen molar-refractivity contribution in [1.82, 2.24) is 0 Å². The molecule has 0 radical (unpaired) electrons. The molecule has 6 heteroatoms. The zero-order chi connectivity index (χ0) is 15.7. The molecule has 0 amide bonds. The average Bonchev–Trinajstić information content (AvgIpc) is 2.45. The van der Waals surface area contributed by atoms with Crippen molar-refractivity contribution < 1.29 is 29.0 Å². The number of carboxylic acids is 1. The molecule has 1 rings (SSSR count). The number of carboxylic acid groups (broad SMARTS) is 1. The van der Waals surface area contributed by atoms with E-state index in [-0.39, 0.29) is 13.2 Å². The van der Waals surface area contributed by atoms with Crippen LogP contribution in [0, 0.1) is 5.41 Å². The van der Waals surface area contributed by atoms with E-state index in [1.165, 1.54) is 30.4 Å². The summed E-state index contributed by atoms with van der Waals surface area (Å²) in [5.74, 6) is -2.14. The summed E-state index contributed by atoms with van der Waals surface area (Å²) in [4.78, 5) is 33.7. The van der Waals surface area contributed by atoms with Crippen molar-refractivity contribution in [2.75, 3.05) is 13.2 Å². The van der Waals surface area contributed by atoms with Crippen molar-refractivity contribution in [3.8, 4) is 0 Å². The molecule has 0 atom stereocenters. The molecule has 114 valence electrons. The lowest BCUT2D eigenvalue weighted by atomic mass is 9.83. The van der Waals surface area contributed by atoms with Crippen LogP contribution in [0.4, 0.5) is 0 Å². The van der Waals surface area contributed by atoms with Gasteiger partial charge in [-0.3, -0.25) is 0 Å². The minimum absolute atomic E-state index is 0.157. The lowest BCUT2D eigenvalue weighted by Gasteiger charge is -2.21. The van der Waals surface area contributed by atoms with Crippen LogP contribution in [0.1, 0.15) is 19.8 Å².